The molecule has 1 saturated carbocycles. The highest BCUT2D eigenvalue weighted by molar-refractivity contribution is 5.93. The largest absolute Gasteiger partial charge is 0.388 e. The first-order chi connectivity index (χ1) is 8.22. The monoisotopic (exact) mass is 231 g/mol. The van der Waals surface area contributed by atoms with Crippen LogP contribution in [0, 0.1) is 5.92 Å². The zero-order valence-electron chi connectivity index (χ0n) is 9.78. The van der Waals surface area contributed by atoms with E-state index in [1.54, 1.807) is 0 Å². The van der Waals surface area contributed by atoms with Crippen molar-refractivity contribution < 1.29 is 9.90 Å². The second-order valence-electron chi connectivity index (χ2n) is 5.16. The summed E-state index contributed by atoms with van der Waals surface area (Å²) in [7, 11) is 0. The van der Waals surface area contributed by atoms with Crippen LogP contribution in [0.3, 0.4) is 0 Å². The molecular weight excluding hydrogens is 214 g/mol. The van der Waals surface area contributed by atoms with E-state index in [1.807, 2.05) is 18.2 Å². The van der Waals surface area contributed by atoms with Crippen molar-refractivity contribution in [2.24, 2.45) is 5.92 Å². The molecule has 3 heteroatoms. The van der Waals surface area contributed by atoms with E-state index in [0.29, 0.717) is 6.42 Å². The number of rotatable bonds is 3. The summed E-state index contributed by atoms with van der Waals surface area (Å²) >= 11 is 0. The molecule has 1 unspecified atom stereocenters. The normalized spacial score (nSPS) is 20.6. The van der Waals surface area contributed by atoms with E-state index in [1.165, 1.54) is 12.8 Å². The van der Waals surface area contributed by atoms with Crippen molar-refractivity contribution in [1.29, 1.82) is 0 Å². The number of fused-ring (bicyclic) bond motifs is 1. The van der Waals surface area contributed by atoms with Crippen molar-refractivity contribution in [3.8, 4) is 0 Å². The molecule has 1 aliphatic carbocycles. The van der Waals surface area contributed by atoms with E-state index in [0.717, 1.165) is 35.6 Å². The quantitative estimate of drug-likeness (QED) is 0.839. The number of aliphatic hydroxyl groups excluding tert-OH is 1. The molecule has 1 aromatic rings. The van der Waals surface area contributed by atoms with E-state index in [2.05, 4.69) is 5.32 Å². The summed E-state index contributed by atoms with van der Waals surface area (Å²) < 4.78 is 0. The zero-order valence-corrected chi connectivity index (χ0v) is 9.78. The van der Waals surface area contributed by atoms with Crippen LogP contribution in [-0.4, -0.2) is 11.0 Å². The number of nitrogens with one attached hydrogen (secondary N) is 1. The van der Waals surface area contributed by atoms with Crippen molar-refractivity contribution in [3.63, 3.8) is 0 Å². The molecule has 3 nitrogen and oxygen atoms in total. The Morgan fingerprint density at radius 1 is 1.35 bits per heavy atom. The Kier molecular flexibility index (Phi) is 2.63. The highest BCUT2D eigenvalue weighted by Gasteiger charge is 2.25. The summed E-state index contributed by atoms with van der Waals surface area (Å²) in [5.41, 5.74) is 3.05. The van der Waals surface area contributed by atoms with Crippen LogP contribution in [0.5, 0.6) is 0 Å². The van der Waals surface area contributed by atoms with Crippen LogP contribution in [0.4, 0.5) is 5.69 Å². The molecule has 0 radical (unpaired) electrons. The molecule has 0 saturated heterocycles. The Bertz CT molecular complexity index is 452. The van der Waals surface area contributed by atoms with Crippen LogP contribution in [0.1, 0.15) is 42.9 Å². The minimum absolute atomic E-state index is 0.0868. The molecular formula is C14H17NO2. The Labute approximate surface area is 101 Å². The smallest absolute Gasteiger partial charge is 0.224 e. The maximum Gasteiger partial charge on any atom is 0.224 e. The van der Waals surface area contributed by atoms with Crippen LogP contribution in [0.25, 0.3) is 0 Å². The molecule has 0 bridgehead atoms. The summed E-state index contributed by atoms with van der Waals surface area (Å²) in [6.45, 7) is 0. The fourth-order valence-electron chi connectivity index (χ4n) is 2.42. The number of hydrogen-bond acceptors (Lipinski definition) is 2. The molecule has 1 fully saturated rings. The third-order valence-corrected chi connectivity index (χ3v) is 3.66. The average Bonchev–Trinajstić information content (AvgIpc) is 3.12. The predicted octanol–water partition coefficient (Wildman–Crippen LogP) is 2.40. The summed E-state index contributed by atoms with van der Waals surface area (Å²) in [5.74, 6) is 0.810. The third kappa shape index (κ3) is 2.34. The first-order valence-corrected chi connectivity index (χ1v) is 6.33. The number of aryl methyl sites for hydroxylation is 1. The van der Waals surface area contributed by atoms with E-state index in [9.17, 15) is 9.90 Å². The maximum absolute atomic E-state index is 11.2. The van der Waals surface area contributed by atoms with Crippen LogP contribution < -0.4 is 5.32 Å². The maximum atomic E-state index is 11.2. The second kappa shape index (κ2) is 4.15. The van der Waals surface area contributed by atoms with Gasteiger partial charge in [-0.15, -0.1) is 0 Å². The van der Waals surface area contributed by atoms with Gasteiger partial charge >= 0.3 is 0 Å². The highest BCUT2D eigenvalue weighted by atomic mass is 16.3. The van der Waals surface area contributed by atoms with Gasteiger partial charge in [0, 0.05) is 12.1 Å². The number of anilines is 1. The van der Waals surface area contributed by atoms with Crippen molar-refractivity contribution in [2.75, 3.05) is 5.32 Å². The van der Waals surface area contributed by atoms with Crippen LogP contribution in [0.2, 0.25) is 0 Å². The van der Waals surface area contributed by atoms with Gasteiger partial charge in [-0.2, -0.15) is 0 Å². The summed E-state index contributed by atoms with van der Waals surface area (Å²) in [6.07, 6.45) is 4.40. The molecule has 2 N–H and O–H groups in total. The predicted molar refractivity (Wildman–Crippen MR) is 65.7 cm³/mol. The minimum Gasteiger partial charge on any atom is -0.388 e. The van der Waals surface area contributed by atoms with E-state index in [-0.39, 0.29) is 12.0 Å². The van der Waals surface area contributed by atoms with Gasteiger partial charge in [0.2, 0.25) is 5.91 Å². The molecule has 2 aliphatic rings. The SMILES string of the molecule is O=C1CCc2cc(C(O)CC3CC3)ccc2N1. The lowest BCUT2D eigenvalue weighted by Gasteiger charge is -2.19. The summed E-state index contributed by atoms with van der Waals surface area (Å²) in [6, 6.07) is 5.89. The minimum atomic E-state index is -0.342. The van der Waals surface area contributed by atoms with Gasteiger partial charge in [0.1, 0.15) is 0 Å². The molecule has 0 spiro atoms. The van der Waals surface area contributed by atoms with Gasteiger partial charge in [-0.1, -0.05) is 25.0 Å². The lowest BCUT2D eigenvalue weighted by molar-refractivity contribution is -0.116. The lowest BCUT2D eigenvalue weighted by Crippen LogP contribution is -2.19. The molecule has 1 heterocycles. The summed E-state index contributed by atoms with van der Waals surface area (Å²) in [4.78, 5) is 11.2. The van der Waals surface area contributed by atoms with E-state index < -0.39 is 0 Å². The van der Waals surface area contributed by atoms with Crippen molar-refractivity contribution in [2.45, 2.75) is 38.2 Å². The molecule has 1 aliphatic heterocycles. The Balaban J connectivity index is 1.79. The van der Waals surface area contributed by atoms with Gasteiger partial charge in [0.05, 0.1) is 6.10 Å². The number of benzene rings is 1. The molecule has 3 rings (SSSR count). The molecule has 17 heavy (non-hydrogen) atoms. The number of carbonyl (C=O) groups is 1. The topological polar surface area (TPSA) is 49.3 Å². The van der Waals surface area contributed by atoms with E-state index in [4.69, 9.17) is 0 Å². The Morgan fingerprint density at radius 3 is 2.94 bits per heavy atom. The van der Waals surface area contributed by atoms with E-state index >= 15 is 0 Å². The van der Waals surface area contributed by atoms with Gasteiger partial charge in [-0.25, -0.2) is 0 Å². The molecule has 90 valence electrons. The number of hydrogen-bond donors (Lipinski definition) is 2. The fourth-order valence-corrected chi connectivity index (χ4v) is 2.42. The van der Waals surface area contributed by atoms with Gasteiger partial charge in [0.25, 0.3) is 0 Å². The molecule has 0 aromatic heterocycles. The lowest BCUT2D eigenvalue weighted by atomic mass is 9.96. The Morgan fingerprint density at radius 2 is 2.18 bits per heavy atom. The van der Waals surface area contributed by atoms with Gasteiger partial charge < -0.3 is 10.4 Å². The van der Waals surface area contributed by atoms with Gasteiger partial charge in [0.15, 0.2) is 0 Å². The summed E-state index contributed by atoms with van der Waals surface area (Å²) in [5, 5.41) is 13.0. The highest BCUT2D eigenvalue weighted by Crippen LogP contribution is 2.38. The van der Waals surface area contributed by atoms with Gasteiger partial charge in [-0.3, -0.25) is 4.79 Å². The van der Waals surface area contributed by atoms with Crippen molar-refractivity contribution in [3.05, 3.63) is 29.3 Å². The first-order valence-electron chi connectivity index (χ1n) is 6.33. The molecule has 1 aromatic carbocycles. The van der Waals surface area contributed by atoms with Crippen molar-refractivity contribution >= 4 is 11.6 Å². The second-order valence-corrected chi connectivity index (χ2v) is 5.16. The Hall–Kier alpha value is -1.35. The first kappa shape index (κ1) is 10.8. The number of amides is 1. The third-order valence-electron chi connectivity index (χ3n) is 3.66. The van der Waals surface area contributed by atoms with Crippen LogP contribution >= 0.6 is 0 Å². The zero-order chi connectivity index (χ0) is 11.8. The standard InChI is InChI=1S/C14H17NO2/c16-13(7-9-1-2-9)11-3-5-12-10(8-11)4-6-14(17)15-12/h3,5,8-9,13,16H,1-2,4,6-7H2,(H,15,17). The average molecular weight is 231 g/mol. The van der Waals surface area contributed by atoms with Crippen LogP contribution in [0.15, 0.2) is 18.2 Å². The molecule has 1 atom stereocenters. The molecule has 1 amide bonds. The van der Waals surface area contributed by atoms with Crippen molar-refractivity contribution in [1.82, 2.24) is 0 Å². The van der Waals surface area contributed by atoms with Crippen LogP contribution in [-0.2, 0) is 11.2 Å². The fraction of sp³-hybridized carbons (Fsp3) is 0.500. The number of aliphatic hydroxyl groups is 1. The van der Waals surface area contributed by atoms with Gasteiger partial charge in [-0.05, 0) is 36.0 Å². The number of carbonyl (C=O) groups excluding carboxylic acids is 1.